The minimum Gasteiger partial charge on any atom is -0.459 e. The summed E-state index contributed by atoms with van der Waals surface area (Å²) in [6.45, 7) is 10.4. The monoisotopic (exact) mass is 262 g/mol. The molecule has 2 aliphatic carbocycles. The van der Waals surface area contributed by atoms with Crippen molar-refractivity contribution in [3.63, 3.8) is 0 Å². The number of carbonyl (C=O) groups is 1. The van der Waals surface area contributed by atoms with Gasteiger partial charge in [-0.25, -0.2) is 0 Å². The molecule has 2 rings (SSSR count). The highest BCUT2D eigenvalue weighted by molar-refractivity contribution is 5.66. The van der Waals surface area contributed by atoms with E-state index in [1.54, 1.807) is 0 Å². The van der Waals surface area contributed by atoms with E-state index in [2.05, 4.69) is 39.8 Å². The number of hydrogen-bond acceptors (Lipinski definition) is 2. The maximum Gasteiger partial charge on any atom is 0.303 e. The van der Waals surface area contributed by atoms with Crippen LogP contribution in [0.15, 0.2) is 23.3 Å². The predicted octanol–water partition coefficient (Wildman–Crippen LogP) is 4.27. The highest BCUT2D eigenvalue weighted by Crippen LogP contribution is 2.47. The lowest BCUT2D eigenvalue weighted by Gasteiger charge is -2.36. The number of esters is 1. The summed E-state index contributed by atoms with van der Waals surface area (Å²) in [5, 5.41) is 0. The lowest BCUT2D eigenvalue weighted by molar-refractivity contribution is -0.162. The van der Waals surface area contributed by atoms with Gasteiger partial charge in [0.25, 0.3) is 0 Å². The first-order valence-electron chi connectivity index (χ1n) is 7.40. The van der Waals surface area contributed by atoms with Crippen molar-refractivity contribution in [2.75, 3.05) is 0 Å². The summed E-state index contributed by atoms with van der Waals surface area (Å²) >= 11 is 0. The van der Waals surface area contributed by atoms with Gasteiger partial charge < -0.3 is 4.74 Å². The smallest absolute Gasteiger partial charge is 0.303 e. The number of hydrogen-bond donors (Lipinski definition) is 0. The van der Waals surface area contributed by atoms with Crippen LogP contribution in [0.1, 0.15) is 53.9 Å². The quantitative estimate of drug-likeness (QED) is 0.549. The second kappa shape index (κ2) is 5.15. The summed E-state index contributed by atoms with van der Waals surface area (Å²) in [6, 6.07) is 0. The number of rotatable bonds is 2. The molecule has 0 aliphatic heterocycles. The van der Waals surface area contributed by atoms with E-state index in [0.717, 1.165) is 19.3 Å². The van der Waals surface area contributed by atoms with E-state index in [4.69, 9.17) is 4.74 Å². The largest absolute Gasteiger partial charge is 0.459 e. The Morgan fingerprint density at radius 1 is 1.47 bits per heavy atom. The molecule has 0 saturated carbocycles. The van der Waals surface area contributed by atoms with Crippen molar-refractivity contribution >= 4 is 5.97 Å². The first-order chi connectivity index (χ1) is 8.83. The van der Waals surface area contributed by atoms with Crippen LogP contribution in [-0.2, 0) is 9.53 Å². The third-order valence-electron chi connectivity index (χ3n) is 4.86. The van der Waals surface area contributed by atoms with Crippen LogP contribution in [0.4, 0.5) is 0 Å². The fraction of sp³-hybridized carbons (Fsp3) is 0.706. The molecule has 0 N–H and O–H groups in total. The molecule has 0 bridgehead atoms. The SMILES string of the molecule is CC(=O)O[C@]1(C)CCC(C(C)C)=C[C@@H]2C(C)=CC[C@H]21. The summed E-state index contributed by atoms with van der Waals surface area (Å²) in [7, 11) is 0. The molecule has 2 aliphatic rings. The van der Waals surface area contributed by atoms with Gasteiger partial charge in [-0.2, -0.15) is 0 Å². The third kappa shape index (κ3) is 2.77. The number of carbonyl (C=O) groups excluding carboxylic acids is 1. The molecule has 0 amide bonds. The van der Waals surface area contributed by atoms with Crippen molar-refractivity contribution in [3.05, 3.63) is 23.3 Å². The van der Waals surface area contributed by atoms with Crippen molar-refractivity contribution in [1.29, 1.82) is 0 Å². The van der Waals surface area contributed by atoms with Crippen molar-refractivity contribution < 1.29 is 9.53 Å². The average molecular weight is 262 g/mol. The Bertz CT molecular complexity index is 431. The lowest BCUT2D eigenvalue weighted by Crippen LogP contribution is -2.40. The molecular weight excluding hydrogens is 236 g/mol. The summed E-state index contributed by atoms with van der Waals surface area (Å²) in [5.41, 5.74) is 2.63. The van der Waals surface area contributed by atoms with Crippen LogP contribution in [0.2, 0.25) is 0 Å². The molecule has 0 spiro atoms. The van der Waals surface area contributed by atoms with E-state index in [-0.39, 0.29) is 11.6 Å². The van der Waals surface area contributed by atoms with Gasteiger partial charge in [0.15, 0.2) is 0 Å². The normalized spacial score (nSPS) is 34.4. The van der Waals surface area contributed by atoms with E-state index in [1.165, 1.54) is 18.1 Å². The number of fused-ring (bicyclic) bond motifs is 1. The molecule has 3 atom stereocenters. The first-order valence-corrected chi connectivity index (χ1v) is 7.40. The first kappa shape index (κ1) is 14.4. The molecule has 0 radical (unpaired) electrons. The van der Waals surface area contributed by atoms with Gasteiger partial charge >= 0.3 is 5.97 Å². The zero-order valence-electron chi connectivity index (χ0n) is 12.8. The summed E-state index contributed by atoms with van der Waals surface area (Å²) in [6.07, 6.45) is 7.78. The van der Waals surface area contributed by atoms with Crippen LogP contribution < -0.4 is 0 Å². The summed E-state index contributed by atoms with van der Waals surface area (Å²) in [5.74, 6) is 1.28. The molecule has 0 unspecified atom stereocenters. The maximum atomic E-state index is 11.5. The Morgan fingerprint density at radius 2 is 2.16 bits per heavy atom. The van der Waals surface area contributed by atoms with Gasteiger partial charge in [0.1, 0.15) is 5.60 Å². The van der Waals surface area contributed by atoms with Gasteiger partial charge in [-0.1, -0.05) is 37.1 Å². The van der Waals surface area contributed by atoms with E-state index in [0.29, 0.717) is 17.8 Å². The van der Waals surface area contributed by atoms with Crippen LogP contribution in [0, 0.1) is 17.8 Å². The van der Waals surface area contributed by atoms with Crippen molar-refractivity contribution in [2.24, 2.45) is 17.8 Å². The molecular formula is C17H26O2. The van der Waals surface area contributed by atoms with Crippen LogP contribution in [-0.4, -0.2) is 11.6 Å². The second-order valence-corrected chi connectivity index (χ2v) is 6.62. The topological polar surface area (TPSA) is 26.3 Å². The molecule has 0 saturated heterocycles. The minimum atomic E-state index is -0.322. The van der Waals surface area contributed by atoms with Gasteiger partial charge in [-0.15, -0.1) is 0 Å². The van der Waals surface area contributed by atoms with Gasteiger partial charge in [0.2, 0.25) is 0 Å². The van der Waals surface area contributed by atoms with Crippen LogP contribution in [0.3, 0.4) is 0 Å². The van der Waals surface area contributed by atoms with Crippen molar-refractivity contribution in [2.45, 2.75) is 59.5 Å². The molecule has 0 heterocycles. The van der Waals surface area contributed by atoms with E-state index < -0.39 is 0 Å². The molecule has 0 aromatic heterocycles. The van der Waals surface area contributed by atoms with E-state index >= 15 is 0 Å². The predicted molar refractivity (Wildman–Crippen MR) is 77.7 cm³/mol. The Hall–Kier alpha value is -1.05. The minimum absolute atomic E-state index is 0.154. The Morgan fingerprint density at radius 3 is 2.74 bits per heavy atom. The molecule has 0 aromatic carbocycles. The zero-order chi connectivity index (χ0) is 14.2. The van der Waals surface area contributed by atoms with E-state index in [1.807, 2.05) is 0 Å². The highest BCUT2D eigenvalue weighted by atomic mass is 16.6. The molecule has 2 nitrogen and oxygen atoms in total. The zero-order valence-corrected chi connectivity index (χ0v) is 12.8. The molecule has 2 heteroatoms. The third-order valence-corrected chi connectivity index (χ3v) is 4.86. The van der Waals surface area contributed by atoms with Gasteiger partial charge in [0.05, 0.1) is 0 Å². The Balaban J connectivity index is 2.33. The fourth-order valence-electron chi connectivity index (χ4n) is 3.62. The summed E-state index contributed by atoms with van der Waals surface area (Å²) in [4.78, 5) is 11.5. The molecule has 106 valence electrons. The van der Waals surface area contributed by atoms with E-state index in [9.17, 15) is 4.79 Å². The average Bonchev–Trinajstić information content (AvgIpc) is 2.57. The Labute approximate surface area is 116 Å². The number of ether oxygens (including phenoxy) is 1. The summed E-state index contributed by atoms with van der Waals surface area (Å²) < 4.78 is 5.74. The van der Waals surface area contributed by atoms with Crippen molar-refractivity contribution in [1.82, 2.24) is 0 Å². The Kier molecular flexibility index (Phi) is 3.89. The van der Waals surface area contributed by atoms with Gasteiger partial charge in [-0.3, -0.25) is 4.79 Å². The van der Waals surface area contributed by atoms with Crippen LogP contribution >= 0.6 is 0 Å². The van der Waals surface area contributed by atoms with Crippen molar-refractivity contribution in [3.8, 4) is 0 Å². The van der Waals surface area contributed by atoms with Crippen LogP contribution in [0.5, 0.6) is 0 Å². The standard InChI is InChI=1S/C17H26O2/c1-11(2)14-8-9-17(5,19-13(4)18)16-7-6-12(3)15(16)10-14/h6,10-11,15-16H,7-9H2,1-5H3/t15-,16-,17-/m1/s1. The molecule has 19 heavy (non-hydrogen) atoms. The maximum absolute atomic E-state index is 11.5. The fourth-order valence-corrected chi connectivity index (χ4v) is 3.62. The molecule has 0 fully saturated rings. The van der Waals surface area contributed by atoms with Gasteiger partial charge in [-0.05, 0) is 39.0 Å². The number of allylic oxidation sites excluding steroid dienone is 4. The van der Waals surface area contributed by atoms with Crippen LogP contribution in [0.25, 0.3) is 0 Å². The second-order valence-electron chi connectivity index (χ2n) is 6.62. The highest BCUT2D eigenvalue weighted by Gasteiger charge is 2.45. The molecule has 0 aromatic rings. The lowest BCUT2D eigenvalue weighted by atomic mass is 9.78. The van der Waals surface area contributed by atoms with Gasteiger partial charge in [0, 0.05) is 18.8 Å².